The van der Waals surface area contributed by atoms with Gasteiger partial charge < -0.3 is 20.5 Å². The van der Waals surface area contributed by atoms with Gasteiger partial charge in [0, 0.05) is 6.54 Å². The summed E-state index contributed by atoms with van der Waals surface area (Å²) < 4.78 is 10.9. The van der Waals surface area contributed by atoms with E-state index in [1.165, 1.54) is 7.11 Å². The van der Waals surface area contributed by atoms with Gasteiger partial charge in [0.1, 0.15) is 0 Å². The Kier molecular flexibility index (Phi) is 7.32. The molecule has 5 nitrogen and oxygen atoms in total. The molecule has 0 heterocycles. The summed E-state index contributed by atoms with van der Waals surface area (Å²) >= 11 is 6.25. The van der Waals surface area contributed by atoms with Crippen molar-refractivity contribution in [2.45, 2.75) is 39.3 Å². The Morgan fingerprint density at radius 3 is 2.67 bits per heavy atom. The van der Waals surface area contributed by atoms with E-state index in [1.54, 1.807) is 6.07 Å². The van der Waals surface area contributed by atoms with Crippen molar-refractivity contribution in [2.24, 2.45) is 5.73 Å². The molecule has 0 aliphatic heterocycles. The van der Waals surface area contributed by atoms with E-state index in [9.17, 15) is 4.79 Å². The van der Waals surface area contributed by atoms with Gasteiger partial charge in [0.2, 0.25) is 0 Å². The lowest BCUT2D eigenvalue weighted by atomic mass is 10.2. The average molecular weight is 315 g/mol. The number of nitrogens with one attached hydrogen (secondary N) is 1. The number of rotatable bonds is 9. The third-order valence-corrected chi connectivity index (χ3v) is 3.27. The van der Waals surface area contributed by atoms with Crippen LogP contribution in [0.15, 0.2) is 12.1 Å². The van der Waals surface area contributed by atoms with Crippen LogP contribution in [0.4, 0.5) is 0 Å². The molecular weight excluding hydrogens is 292 g/mol. The summed E-state index contributed by atoms with van der Waals surface area (Å²) in [6.07, 6.45) is 0.803. The standard InChI is InChI=1S/C15H23ClN2O3/c1-4-6-18-9-10-7-11(16)14(13(8-10)20-3)21-12(5-2)15(17)19/h7-8,12,18H,4-6,9H2,1-3H3,(H2,17,19). The van der Waals surface area contributed by atoms with Crippen LogP contribution in [0.25, 0.3) is 0 Å². The highest BCUT2D eigenvalue weighted by atomic mass is 35.5. The number of carbonyl (C=O) groups is 1. The van der Waals surface area contributed by atoms with Crippen LogP contribution in [-0.4, -0.2) is 25.7 Å². The summed E-state index contributed by atoms with van der Waals surface area (Å²) in [5.41, 5.74) is 6.28. The number of primary amides is 1. The normalized spacial score (nSPS) is 12.0. The van der Waals surface area contributed by atoms with Gasteiger partial charge >= 0.3 is 0 Å². The fourth-order valence-corrected chi connectivity index (χ4v) is 2.16. The van der Waals surface area contributed by atoms with Gasteiger partial charge in [-0.1, -0.05) is 25.4 Å². The van der Waals surface area contributed by atoms with Crippen molar-refractivity contribution in [3.63, 3.8) is 0 Å². The summed E-state index contributed by atoms with van der Waals surface area (Å²) in [7, 11) is 1.53. The lowest BCUT2D eigenvalue weighted by molar-refractivity contribution is -0.124. The van der Waals surface area contributed by atoms with Crippen LogP contribution in [0.1, 0.15) is 32.3 Å². The molecule has 1 atom stereocenters. The Morgan fingerprint density at radius 1 is 1.43 bits per heavy atom. The molecule has 21 heavy (non-hydrogen) atoms. The first kappa shape index (κ1) is 17.6. The SMILES string of the molecule is CCCNCc1cc(Cl)c(OC(CC)C(N)=O)c(OC)c1. The molecule has 1 aromatic carbocycles. The smallest absolute Gasteiger partial charge is 0.258 e. The van der Waals surface area contributed by atoms with Crippen LogP contribution in [0.5, 0.6) is 11.5 Å². The van der Waals surface area contributed by atoms with Crippen molar-refractivity contribution in [1.29, 1.82) is 0 Å². The number of benzene rings is 1. The van der Waals surface area contributed by atoms with Crippen LogP contribution in [0.3, 0.4) is 0 Å². The lowest BCUT2D eigenvalue weighted by Gasteiger charge is -2.18. The minimum absolute atomic E-state index is 0.351. The maximum Gasteiger partial charge on any atom is 0.258 e. The van der Waals surface area contributed by atoms with E-state index in [1.807, 2.05) is 13.0 Å². The van der Waals surface area contributed by atoms with Gasteiger partial charge in [0.15, 0.2) is 17.6 Å². The first-order valence-electron chi connectivity index (χ1n) is 7.06. The lowest BCUT2D eigenvalue weighted by Crippen LogP contribution is -2.33. The zero-order chi connectivity index (χ0) is 15.8. The summed E-state index contributed by atoms with van der Waals surface area (Å²) in [5.74, 6) is 0.323. The average Bonchev–Trinajstić information content (AvgIpc) is 2.45. The molecule has 118 valence electrons. The number of amides is 1. The van der Waals surface area contributed by atoms with Gasteiger partial charge in [0.05, 0.1) is 12.1 Å². The number of carbonyl (C=O) groups excluding carboxylic acids is 1. The Hall–Kier alpha value is -1.46. The minimum Gasteiger partial charge on any atom is -0.493 e. The van der Waals surface area contributed by atoms with Crippen LogP contribution in [0, 0.1) is 0 Å². The first-order chi connectivity index (χ1) is 10.0. The molecule has 0 aliphatic carbocycles. The Balaban J connectivity index is 2.96. The fraction of sp³-hybridized carbons (Fsp3) is 0.533. The van der Waals surface area contributed by atoms with Gasteiger partial charge in [-0.05, 0) is 37.1 Å². The van der Waals surface area contributed by atoms with Crippen molar-refractivity contribution in [3.8, 4) is 11.5 Å². The molecule has 1 unspecified atom stereocenters. The maximum atomic E-state index is 11.3. The second-order valence-electron chi connectivity index (χ2n) is 4.70. The minimum atomic E-state index is -0.722. The van der Waals surface area contributed by atoms with Crippen molar-refractivity contribution in [1.82, 2.24) is 5.32 Å². The monoisotopic (exact) mass is 314 g/mol. The maximum absolute atomic E-state index is 11.3. The summed E-state index contributed by atoms with van der Waals surface area (Å²) in [4.78, 5) is 11.3. The predicted molar refractivity (Wildman–Crippen MR) is 83.9 cm³/mol. The zero-order valence-electron chi connectivity index (χ0n) is 12.7. The molecule has 0 aliphatic rings. The van der Waals surface area contributed by atoms with E-state index in [2.05, 4.69) is 12.2 Å². The third kappa shape index (κ3) is 5.10. The number of methoxy groups -OCH3 is 1. The van der Waals surface area contributed by atoms with E-state index in [-0.39, 0.29) is 0 Å². The highest BCUT2D eigenvalue weighted by Crippen LogP contribution is 2.37. The van der Waals surface area contributed by atoms with Crippen LogP contribution in [-0.2, 0) is 11.3 Å². The van der Waals surface area contributed by atoms with E-state index >= 15 is 0 Å². The summed E-state index contributed by atoms with van der Waals surface area (Å²) in [6.45, 7) is 5.54. The highest BCUT2D eigenvalue weighted by molar-refractivity contribution is 6.32. The highest BCUT2D eigenvalue weighted by Gasteiger charge is 2.20. The van der Waals surface area contributed by atoms with Crippen molar-refractivity contribution in [3.05, 3.63) is 22.7 Å². The van der Waals surface area contributed by atoms with Crippen molar-refractivity contribution >= 4 is 17.5 Å². The van der Waals surface area contributed by atoms with Crippen molar-refractivity contribution < 1.29 is 14.3 Å². The molecule has 0 bridgehead atoms. The van der Waals surface area contributed by atoms with E-state index in [0.29, 0.717) is 29.5 Å². The Bertz CT molecular complexity index is 480. The topological polar surface area (TPSA) is 73.6 Å². The molecule has 0 radical (unpaired) electrons. The van der Waals surface area contributed by atoms with Gasteiger partial charge in [0.25, 0.3) is 5.91 Å². The quantitative estimate of drug-likeness (QED) is 0.687. The largest absolute Gasteiger partial charge is 0.493 e. The van der Waals surface area contributed by atoms with E-state index < -0.39 is 12.0 Å². The van der Waals surface area contributed by atoms with Crippen molar-refractivity contribution in [2.75, 3.05) is 13.7 Å². The zero-order valence-corrected chi connectivity index (χ0v) is 13.5. The first-order valence-corrected chi connectivity index (χ1v) is 7.44. The number of nitrogens with two attached hydrogens (primary N) is 1. The molecule has 0 spiro atoms. The van der Waals surface area contributed by atoms with Gasteiger partial charge in [-0.2, -0.15) is 0 Å². The molecule has 3 N–H and O–H groups in total. The van der Waals surface area contributed by atoms with Crippen LogP contribution in [0.2, 0.25) is 5.02 Å². The number of hydrogen-bond acceptors (Lipinski definition) is 4. The summed E-state index contributed by atoms with van der Waals surface area (Å²) in [6, 6.07) is 3.65. The molecule has 0 aromatic heterocycles. The third-order valence-electron chi connectivity index (χ3n) is 2.99. The molecule has 0 saturated heterocycles. The Morgan fingerprint density at radius 2 is 2.14 bits per heavy atom. The number of ether oxygens (including phenoxy) is 2. The second kappa shape index (κ2) is 8.74. The number of halogens is 1. The van der Waals surface area contributed by atoms with E-state index in [4.69, 9.17) is 26.8 Å². The van der Waals surface area contributed by atoms with Gasteiger partial charge in [-0.3, -0.25) is 4.79 Å². The Labute approximate surface area is 130 Å². The summed E-state index contributed by atoms with van der Waals surface area (Å²) in [5, 5.41) is 3.70. The molecule has 0 saturated carbocycles. The van der Waals surface area contributed by atoms with Gasteiger partial charge in [-0.25, -0.2) is 0 Å². The molecule has 1 aromatic rings. The predicted octanol–water partition coefficient (Wildman–Crippen LogP) is 2.49. The number of hydrogen-bond donors (Lipinski definition) is 2. The molecular formula is C15H23ClN2O3. The van der Waals surface area contributed by atoms with E-state index in [0.717, 1.165) is 18.5 Å². The fourth-order valence-electron chi connectivity index (χ4n) is 1.88. The molecule has 0 fully saturated rings. The van der Waals surface area contributed by atoms with Crippen LogP contribution < -0.4 is 20.5 Å². The second-order valence-corrected chi connectivity index (χ2v) is 5.11. The molecule has 6 heteroatoms. The molecule has 1 amide bonds. The molecule has 1 rings (SSSR count). The van der Waals surface area contributed by atoms with Gasteiger partial charge in [-0.15, -0.1) is 0 Å². The van der Waals surface area contributed by atoms with Crippen LogP contribution >= 0.6 is 11.6 Å².